The number of carbonyl (C=O) groups excluding carboxylic acids is 1. The fraction of sp³-hybridized carbons (Fsp3) is 0.933. The van der Waals surface area contributed by atoms with Crippen LogP contribution in [-0.2, 0) is 4.79 Å². The van der Waals surface area contributed by atoms with Crippen LogP contribution in [-0.4, -0.2) is 42.5 Å². The Labute approximate surface area is 117 Å². The third-order valence-corrected chi connectivity index (χ3v) is 5.19. The molecule has 1 aliphatic heterocycles. The Morgan fingerprint density at radius 3 is 2.42 bits per heavy atom. The molecule has 2 rings (SSSR count). The number of carbonyl (C=O) groups is 1. The summed E-state index contributed by atoms with van der Waals surface area (Å²) in [7, 11) is 2.22. The minimum absolute atomic E-state index is 0.111. The van der Waals surface area contributed by atoms with E-state index in [-0.39, 0.29) is 11.8 Å². The number of likely N-dealkylation sites (tertiary alicyclic amines) is 1. The molecule has 3 unspecified atom stereocenters. The molecule has 0 aromatic heterocycles. The summed E-state index contributed by atoms with van der Waals surface area (Å²) in [5, 5.41) is 3.84. The monoisotopic (exact) mass is 267 g/mol. The zero-order chi connectivity index (χ0) is 14.0. The van der Waals surface area contributed by atoms with Crippen LogP contribution in [0.1, 0.15) is 46.0 Å². The lowest BCUT2D eigenvalue weighted by atomic mass is 9.83. The average molecular weight is 267 g/mol. The Balaban J connectivity index is 1.80. The molecule has 3 N–H and O–H groups in total. The van der Waals surface area contributed by atoms with Gasteiger partial charge in [0.05, 0.1) is 0 Å². The molecule has 0 spiro atoms. The topological polar surface area (TPSA) is 58.4 Å². The second kappa shape index (κ2) is 6.23. The lowest BCUT2D eigenvalue weighted by Crippen LogP contribution is -2.53. The molecule has 3 atom stereocenters. The molecule has 0 radical (unpaired) electrons. The van der Waals surface area contributed by atoms with E-state index in [4.69, 9.17) is 5.73 Å². The van der Waals surface area contributed by atoms with E-state index in [1.54, 1.807) is 0 Å². The zero-order valence-corrected chi connectivity index (χ0v) is 12.6. The van der Waals surface area contributed by atoms with Gasteiger partial charge in [0.25, 0.3) is 0 Å². The van der Waals surface area contributed by atoms with Crippen LogP contribution in [0.15, 0.2) is 0 Å². The molecule has 1 saturated heterocycles. The molecule has 19 heavy (non-hydrogen) atoms. The lowest BCUT2D eigenvalue weighted by Gasteiger charge is -2.42. The second-order valence-corrected chi connectivity index (χ2v) is 6.73. The highest BCUT2D eigenvalue weighted by molar-refractivity contribution is 5.76. The number of nitrogens with one attached hydrogen (secondary N) is 1. The number of primary amides is 1. The van der Waals surface area contributed by atoms with E-state index in [0.717, 1.165) is 25.7 Å². The SMILES string of the molecule is CC1CN(C)C(C)CC1NC1CCC(C(N)=O)CC1. The summed E-state index contributed by atoms with van der Waals surface area (Å²) in [5.74, 6) is 0.710. The third kappa shape index (κ3) is 3.69. The Bertz CT molecular complexity index is 313. The van der Waals surface area contributed by atoms with Gasteiger partial charge in [-0.1, -0.05) is 6.92 Å². The largest absolute Gasteiger partial charge is 0.369 e. The normalized spacial score (nSPS) is 41.1. The van der Waals surface area contributed by atoms with Crippen molar-refractivity contribution in [2.24, 2.45) is 17.6 Å². The smallest absolute Gasteiger partial charge is 0.220 e. The van der Waals surface area contributed by atoms with E-state index in [2.05, 4.69) is 31.1 Å². The highest BCUT2D eigenvalue weighted by Gasteiger charge is 2.32. The van der Waals surface area contributed by atoms with Crippen LogP contribution in [0.4, 0.5) is 0 Å². The van der Waals surface area contributed by atoms with Gasteiger partial charge in [0, 0.05) is 30.6 Å². The van der Waals surface area contributed by atoms with Gasteiger partial charge >= 0.3 is 0 Å². The van der Waals surface area contributed by atoms with Crippen LogP contribution >= 0.6 is 0 Å². The molecule has 2 aliphatic rings. The molecule has 1 aliphatic carbocycles. The summed E-state index contributed by atoms with van der Waals surface area (Å²) < 4.78 is 0. The number of amides is 1. The maximum absolute atomic E-state index is 11.2. The quantitative estimate of drug-likeness (QED) is 0.811. The van der Waals surface area contributed by atoms with E-state index in [1.165, 1.54) is 13.0 Å². The molecule has 1 heterocycles. The van der Waals surface area contributed by atoms with Crippen molar-refractivity contribution < 1.29 is 4.79 Å². The van der Waals surface area contributed by atoms with Crippen molar-refractivity contribution in [3.05, 3.63) is 0 Å². The molecule has 0 aromatic carbocycles. The van der Waals surface area contributed by atoms with Crippen molar-refractivity contribution in [2.45, 2.75) is 64.1 Å². The Morgan fingerprint density at radius 1 is 1.21 bits per heavy atom. The van der Waals surface area contributed by atoms with Gasteiger partial charge in [0.2, 0.25) is 5.91 Å². The summed E-state index contributed by atoms with van der Waals surface area (Å²) in [6.07, 6.45) is 5.35. The Hall–Kier alpha value is -0.610. The number of hydrogen-bond donors (Lipinski definition) is 2. The van der Waals surface area contributed by atoms with Gasteiger partial charge in [-0.3, -0.25) is 4.79 Å². The van der Waals surface area contributed by atoms with Gasteiger partial charge in [-0.15, -0.1) is 0 Å². The fourth-order valence-corrected chi connectivity index (χ4v) is 3.62. The van der Waals surface area contributed by atoms with Gasteiger partial charge < -0.3 is 16.0 Å². The van der Waals surface area contributed by atoms with Crippen LogP contribution in [0.3, 0.4) is 0 Å². The molecule has 1 amide bonds. The van der Waals surface area contributed by atoms with Crippen LogP contribution < -0.4 is 11.1 Å². The van der Waals surface area contributed by atoms with Crippen LogP contribution in [0.5, 0.6) is 0 Å². The second-order valence-electron chi connectivity index (χ2n) is 6.73. The van der Waals surface area contributed by atoms with Crippen molar-refractivity contribution in [1.29, 1.82) is 0 Å². The average Bonchev–Trinajstić information content (AvgIpc) is 2.36. The highest BCUT2D eigenvalue weighted by Crippen LogP contribution is 2.27. The summed E-state index contributed by atoms with van der Waals surface area (Å²) in [6, 6.07) is 1.87. The van der Waals surface area contributed by atoms with Gasteiger partial charge in [-0.2, -0.15) is 0 Å². The molecule has 2 fully saturated rings. The summed E-state index contributed by atoms with van der Waals surface area (Å²) in [4.78, 5) is 13.6. The van der Waals surface area contributed by atoms with E-state index in [9.17, 15) is 4.79 Å². The Morgan fingerprint density at radius 2 is 1.84 bits per heavy atom. The number of piperidine rings is 1. The molecule has 1 saturated carbocycles. The van der Waals surface area contributed by atoms with Gasteiger partial charge in [0.15, 0.2) is 0 Å². The molecule has 4 heteroatoms. The molecular weight excluding hydrogens is 238 g/mol. The van der Waals surface area contributed by atoms with Crippen molar-refractivity contribution in [3.8, 4) is 0 Å². The number of nitrogens with two attached hydrogens (primary N) is 1. The first kappa shape index (κ1) is 14.8. The number of hydrogen-bond acceptors (Lipinski definition) is 3. The molecule has 4 nitrogen and oxygen atoms in total. The minimum Gasteiger partial charge on any atom is -0.369 e. The summed E-state index contributed by atoms with van der Waals surface area (Å²) in [5.41, 5.74) is 5.39. The first-order valence-corrected chi connectivity index (χ1v) is 7.73. The maximum atomic E-state index is 11.2. The maximum Gasteiger partial charge on any atom is 0.220 e. The van der Waals surface area contributed by atoms with Crippen molar-refractivity contribution in [1.82, 2.24) is 10.2 Å². The van der Waals surface area contributed by atoms with Crippen LogP contribution in [0.25, 0.3) is 0 Å². The first-order chi connectivity index (χ1) is 8.97. The van der Waals surface area contributed by atoms with Crippen molar-refractivity contribution in [3.63, 3.8) is 0 Å². The van der Waals surface area contributed by atoms with E-state index >= 15 is 0 Å². The standard InChI is InChI=1S/C15H29N3O/c1-10-9-18(3)11(2)8-14(10)17-13-6-4-12(5-7-13)15(16)19/h10-14,17H,4-9H2,1-3H3,(H2,16,19). The predicted molar refractivity (Wildman–Crippen MR) is 77.7 cm³/mol. The molecule has 0 bridgehead atoms. The fourth-order valence-electron chi connectivity index (χ4n) is 3.62. The molecule has 0 aromatic rings. The zero-order valence-electron chi connectivity index (χ0n) is 12.6. The van der Waals surface area contributed by atoms with Crippen molar-refractivity contribution >= 4 is 5.91 Å². The van der Waals surface area contributed by atoms with Crippen LogP contribution in [0, 0.1) is 11.8 Å². The van der Waals surface area contributed by atoms with E-state index in [0.29, 0.717) is 24.0 Å². The Kier molecular flexibility index (Phi) is 4.85. The molecular formula is C15H29N3O. The first-order valence-electron chi connectivity index (χ1n) is 7.73. The minimum atomic E-state index is -0.111. The van der Waals surface area contributed by atoms with E-state index in [1.807, 2.05) is 0 Å². The van der Waals surface area contributed by atoms with E-state index < -0.39 is 0 Å². The highest BCUT2D eigenvalue weighted by atomic mass is 16.1. The summed E-state index contributed by atoms with van der Waals surface area (Å²) in [6.45, 7) is 5.83. The third-order valence-electron chi connectivity index (χ3n) is 5.19. The number of nitrogens with zero attached hydrogens (tertiary/aromatic N) is 1. The summed E-state index contributed by atoms with van der Waals surface area (Å²) >= 11 is 0. The van der Waals surface area contributed by atoms with Crippen molar-refractivity contribution in [2.75, 3.05) is 13.6 Å². The predicted octanol–water partition coefficient (Wildman–Crippen LogP) is 1.35. The van der Waals surface area contributed by atoms with Gasteiger partial charge in [-0.25, -0.2) is 0 Å². The van der Waals surface area contributed by atoms with Gasteiger partial charge in [0.1, 0.15) is 0 Å². The number of rotatable bonds is 3. The molecule has 110 valence electrons. The van der Waals surface area contributed by atoms with Gasteiger partial charge in [-0.05, 0) is 52.0 Å². The lowest BCUT2D eigenvalue weighted by molar-refractivity contribution is -0.122. The van der Waals surface area contributed by atoms with Crippen LogP contribution in [0.2, 0.25) is 0 Å².